The van der Waals surface area contributed by atoms with Crippen molar-refractivity contribution in [1.82, 2.24) is 9.78 Å². The fraction of sp³-hybridized carbons (Fsp3) is 0.190. The highest BCUT2D eigenvalue weighted by Crippen LogP contribution is 2.34. The Kier molecular flexibility index (Phi) is 5.82. The van der Waals surface area contributed by atoms with E-state index in [0.29, 0.717) is 22.8 Å². The molecule has 0 aliphatic rings. The molecule has 0 aliphatic carbocycles. The molecule has 0 atom stereocenters. The maximum absolute atomic E-state index is 12.9. The SMILES string of the molecule is COC(=O)c1cc(OC)c(OC)cc1NC(=O)c1cnn(-c2ccccc2)c1C. The summed E-state index contributed by atoms with van der Waals surface area (Å²) in [6.45, 7) is 1.80. The van der Waals surface area contributed by atoms with Crippen molar-refractivity contribution in [2.45, 2.75) is 6.92 Å². The molecule has 0 saturated heterocycles. The Bertz CT molecular complexity index is 1040. The van der Waals surface area contributed by atoms with Crippen LogP contribution in [-0.4, -0.2) is 43.0 Å². The van der Waals surface area contributed by atoms with Crippen molar-refractivity contribution in [3.05, 3.63) is 65.5 Å². The zero-order valence-electron chi connectivity index (χ0n) is 16.6. The number of carbonyl (C=O) groups excluding carboxylic acids is 2. The van der Waals surface area contributed by atoms with E-state index in [1.807, 2.05) is 30.3 Å². The van der Waals surface area contributed by atoms with Crippen LogP contribution in [-0.2, 0) is 4.74 Å². The Morgan fingerprint density at radius 1 is 0.966 bits per heavy atom. The number of aromatic nitrogens is 2. The molecule has 0 fully saturated rings. The van der Waals surface area contributed by atoms with Crippen LogP contribution in [0, 0.1) is 6.92 Å². The number of anilines is 1. The first kappa shape index (κ1) is 19.9. The quantitative estimate of drug-likeness (QED) is 0.645. The fourth-order valence-electron chi connectivity index (χ4n) is 2.91. The lowest BCUT2D eigenvalue weighted by Gasteiger charge is -2.14. The minimum absolute atomic E-state index is 0.145. The van der Waals surface area contributed by atoms with Gasteiger partial charge in [-0.1, -0.05) is 18.2 Å². The van der Waals surface area contributed by atoms with E-state index in [1.54, 1.807) is 11.6 Å². The predicted octanol–water partition coefficient (Wildman–Crippen LogP) is 3.24. The highest BCUT2D eigenvalue weighted by atomic mass is 16.5. The second kappa shape index (κ2) is 8.47. The van der Waals surface area contributed by atoms with Crippen molar-refractivity contribution in [3.8, 4) is 17.2 Å². The molecular formula is C21H21N3O5. The number of nitrogens with one attached hydrogen (secondary N) is 1. The van der Waals surface area contributed by atoms with Gasteiger partial charge in [-0.2, -0.15) is 5.10 Å². The molecule has 1 amide bonds. The molecule has 0 spiro atoms. The van der Waals surface area contributed by atoms with Crippen molar-refractivity contribution in [3.63, 3.8) is 0 Å². The monoisotopic (exact) mass is 395 g/mol. The van der Waals surface area contributed by atoms with E-state index in [9.17, 15) is 9.59 Å². The number of hydrogen-bond acceptors (Lipinski definition) is 6. The van der Waals surface area contributed by atoms with Crippen LogP contribution in [0.1, 0.15) is 26.4 Å². The number of carbonyl (C=O) groups is 2. The number of benzene rings is 2. The number of ether oxygens (including phenoxy) is 3. The molecular weight excluding hydrogens is 374 g/mol. The first-order chi connectivity index (χ1) is 14.0. The maximum atomic E-state index is 12.9. The molecule has 1 N–H and O–H groups in total. The molecule has 8 heteroatoms. The van der Waals surface area contributed by atoms with Gasteiger partial charge in [0.1, 0.15) is 0 Å². The van der Waals surface area contributed by atoms with Crippen LogP contribution in [0.15, 0.2) is 48.7 Å². The molecule has 2 aromatic carbocycles. The first-order valence-electron chi connectivity index (χ1n) is 8.75. The fourth-order valence-corrected chi connectivity index (χ4v) is 2.91. The van der Waals surface area contributed by atoms with E-state index in [0.717, 1.165) is 5.69 Å². The largest absolute Gasteiger partial charge is 0.493 e. The van der Waals surface area contributed by atoms with Gasteiger partial charge in [0.2, 0.25) is 0 Å². The third-order valence-electron chi connectivity index (χ3n) is 4.43. The lowest BCUT2D eigenvalue weighted by molar-refractivity contribution is 0.0601. The number of amides is 1. The Labute approximate surface area is 168 Å². The van der Waals surface area contributed by atoms with Gasteiger partial charge in [-0.25, -0.2) is 9.48 Å². The van der Waals surface area contributed by atoms with Gasteiger partial charge in [0.15, 0.2) is 11.5 Å². The minimum Gasteiger partial charge on any atom is -0.493 e. The molecule has 1 aromatic heterocycles. The summed E-state index contributed by atoms with van der Waals surface area (Å²) in [6.07, 6.45) is 1.48. The van der Waals surface area contributed by atoms with Crippen molar-refractivity contribution < 1.29 is 23.8 Å². The zero-order chi connectivity index (χ0) is 21.0. The second-order valence-corrected chi connectivity index (χ2v) is 6.09. The van der Waals surface area contributed by atoms with E-state index in [-0.39, 0.29) is 11.3 Å². The third-order valence-corrected chi connectivity index (χ3v) is 4.43. The molecule has 150 valence electrons. The summed E-state index contributed by atoms with van der Waals surface area (Å²) in [7, 11) is 4.19. The summed E-state index contributed by atoms with van der Waals surface area (Å²) in [6, 6.07) is 12.4. The molecule has 1 heterocycles. The van der Waals surface area contributed by atoms with Crippen LogP contribution in [0.25, 0.3) is 5.69 Å². The van der Waals surface area contributed by atoms with E-state index < -0.39 is 11.9 Å². The summed E-state index contributed by atoms with van der Waals surface area (Å²) in [5.74, 6) is -0.314. The number of rotatable bonds is 6. The van der Waals surface area contributed by atoms with Crippen LogP contribution in [0.4, 0.5) is 5.69 Å². The minimum atomic E-state index is -0.613. The number of methoxy groups -OCH3 is 3. The van der Waals surface area contributed by atoms with Gasteiger partial charge < -0.3 is 19.5 Å². The summed E-state index contributed by atoms with van der Waals surface area (Å²) >= 11 is 0. The van der Waals surface area contributed by atoms with Crippen molar-refractivity contribution >= 4 is 17.6 Å². The molecule has 0 aliphatic heterocycles. The highest BCUT2D eigenvalue weighted by molar-refractivity contribution is 6.09. The maximum Gasteiger partial charge on any atom is 0.340 e. The Hall–Kier alpha value is -3.81. The van der Waals surface area contributed by atoms with Gasteiger partial charge in [-0.05, 0) is 19.1 Å². The van der Waals surface area contributed by atoms with Gasteiger partial charge in [-0.15, -0.1) is 0 Å². The van der Waals surface area contributed by atoms with Gasteiger partial charge in [-0.3, -0.25) is 4.79 Å². The molecule has 3 aromatic rings. The molecule has 29 heavy (non-hydrogen) atoms. The lowest BCUT2D eigenvalue weighted by atomic mass is 10.1. The average Bonchev–Trinajstić information content (AvgIpc) is 3.14. The lowest BCUT2D eigenvalue weighted by Crippen LogP contribution is -2.16. The molecule has 0 bridgehead atoms. The smallest absolute Gasteiger partial charge is 0.340 e. The first-order valence-corrected chi connectivity index (χ1v) is 8.75. The van der Waals surface area contributed by atoms with Gasteiger partial charge >= 0.3 is 5.97 Å². The molecule has 0 radical (unpaired) electrons. The number of esters is 1. The topological polar surface area (TPSA) is 91.7 Å². The van der Waals surface area contributed by atoms with E-state index >= 15 is 0 Å². The zero-order valence-corrected chi connectivity index (χ0v) is 16.6. The highest BCUT2D eigenvalue weighted by Gasteiger charge is 2.21. The van der Waals surface area contributed by atoms with Crippen LogP contribution in [0.5, 0.6) is 11.5 Å². The van der Waals surface area contributed by atoms with E-state index in [2.05, 4.69) is 10.4 Å². The molecule has 0 unspecified atom stereocenters. The van der Waals surface area contributed by atoms with Crippen LogP contribution in [0.3, 0.4) is 0 Å². The Morgan fingerprint density at radius 3 is 2.24 bits per heavy atom. The number of hydrogen-bond donors (Lipinski definition) is 1. The standard InChI is InChI=1S/C21H21N3O5/c1-13-16(12-22-24(13)14-8-6-5-7-9-14)20(25)23-17-11-19(28-3)18(27-2)10-15(17)21(26)29-4/h5-12H,1-4H3,(H,23,25). The van der Waals surface area contributed by atoms with E-state index in [4.69, 9.17) is 14.2 Å². The van der Waals surface area contributed by atoms with Gasteiger partial charge in [0, 0.05) is 12.1 Å². The Balaban J connectivity index is 1.97. The summed E-state index contributed by atoms with van der Waals surface area (Å²) < 4.78 is 17.0. The second-order valence-electron chi connectivity index (χ2n) is 6.09. The van der Waals surface area contributed by atoms with Crippen LogP contribution < -0.4 is 14.8 Å². The normalized spacial score (nSPS) is 10.3. The predicted molar refractivity (Wildman–Crippen MR) is 107 cm³/mol. The van der Waals surface area contributed by atoms with Gasteiger partial charge in [0.05, 0.1) is 55.7 Å². The van der Waals surface area contributed by atoms with E-state index in [1.165, 1.54) is 39.7 Å². The van der Waals surface area contributed by atoms with Crippen molar-refractivity contribution in [1.29, 1.82) is 0 Å². The molecule has 0 saturated carbocycles. The summed E-state index contributed by atoms with van der Waals surface area (Å²) in [5, 5.41) is 7.05. The number of para-hydroxylation sites is 1. The molecule has 3 rings (SSSR count). The summed E-state index contributed by atoms with van der Waals surface area (Å²) in [5.41, 5.74) is 2.26. The summed E-state index contributed by atoms with van der Waals surface area (Å²) in [4.78, 5) is 25.1. The van der Waals surface area contributed by atoms with Crippen molar-refractivity contribution in [2.24, 2.45) is 0 Å². The van der Waals surface area contributed by atoms with Crippen LogP contribution in [0.2, 0.25) is 0 Å². The average molecular weight is 395 g/mol. The molecule has 8 nitrogen and oxygen atoms in total. The van der Waals surface area contributed by atoms with Crippen LogP contribution >= 0.6 is 0 Å². The number of nitrogens with zero attached hydrogens (tertiary/aromatic N) is 2. The Morgan fingerprint density at radius 2 is 1.62 bits per heavy atom. The van der Waals surface area contributed by atoms with Crippen molar-refractivity contribution in [2.75, 3.05) is 26.6 Å². The van der Waals surface area contributed by atoms with Gasteiger partial charge in [0.25, 0.3) is 5.91 Å². The third kappa shape index (κ3) is 3.91.